The van der Waals surface area contributed by atoms with Crippen LogP contribution in [0.4, 0.5) is 0 Å². The first-order valence-corrected chi connectivity index (χ1v) is 32.7. The van der Waals surface area contributed by atoms with E-state index in [0.29, 0.717) is 55.5 Å². The Labute approximate surface area is 557 Å². The van der Waals surface area contributed by atoms with Crippen LogP contribution in [-0.2, 0) is 81.6 Å². The fourth-order valence-electron chi connectivity index (χ4n) is 13.2. The van der Waals surface area contributed by atoms with Crippen molar-refractivity contribution in [1.29, 1.82) is 0 Å². The molecule has 7 heterocycles. The van der Waals surface area contributed by atoms with E-state index in [1.165, 1.54) is 44.6 Å². The Hall–Kier alpha value is -10.1. The van der Waals surface area contributed by atoms with Crippen molar-refractivity contribution in [2.45, 2.75) is 176 Å². The lowest BCUT2D eigenvalue weighted by atomic mass is 10.0. The molecule has 0 aliphatic carbocycles. The smallest absolute Gasteiger partial charge is 0.326 e. The Morgan fingerprint density at radius 1 is 0.546 bits per heavy atom. The first-order chi connectivity index (χ1) is 46.5. The maximum Gasteiger partial charge on any atom is 0.326 e. The van der Waals surface area contributed by atoms with Gasteiger partial charge < -0.3 is 98.9 Å². The highest BCUT2D eigenvalue weighted by atomic mass is 16.4. The molecule has 5 fully saturated rings. The van der Waals surface area contributed by atoms with E-state index < -0.39 is 169 Å². The van der Waals surface area contributed by atoms with Crippen molar-refractivity contribution in [1.82, 2.24) is 76.3 Å². The second kappa shape index (κ2) is 34.6. The molecular weight excluding hydrogens is 1270 g/mol. The second-order valence-corrected chi connectivity index (χ2v) is 24.8. The molecule has 1 aromatic carbocycles. The van der Waals surface area contributed by atoms with E-state index in [2.05, 4.69) is 56.8 Å². The molecule has 8 rings (SSSR count). The first-order valence-electron chi connectivity index (χ1n) is 32.7. The van der Waals surface area contributed by atoms with Crippen LogP contribution in [0.15, 0.2) is 60.4 Å². The summed E-state index contributed by atoms with van der Waals surface area (Å²) in [7, 11) is 0. The van der Waals surface area contributed by atoms with Gasteiger partial charge in [-0.1, -0.05) is 30.3 Å². The van der Waals surface area contributed by atoms with Crippen molar-refractivity contribution in [3.8, 4) is 0 Å². The number of carboxylic acid groups (broad SMARTS) is 2. The van der Waals surface area contributed by atoms with Crippen molar-refractivity contribution in [2.75, 3.05) is 52.4 Å². The number of nitrogens with two attached hydrogens (primary N) is 3. The zero-order valence-corrected chi connectivity index (χ0v) is 53.7. The lowest BCUT2D eigenvalue weighted by Gasteiger charge is -2.34. The number of carboxylic acids is 2. The van der Waals surface area contributed by atoms with Crippen LogP contribution in [0, 0.1) is 0 Å². The van der Waals surface area contributed by atoms with Crippen molar-refractivity contribution in [3.05, 3.63) is 72.3 Å². The van der Waals surface area contributed by atoms with Gasteiger partial charge in [-0.2, -0.15) is 0 Å². The zero-order valence-electron chi connectivity index (χ0n) is 53.7. The molecule has 3 aromatic rings. The molecule has 17 N–H and O–H groups in total. The molecule has 526 valence electrons. The van der Waals surface area contributed by atoms with Gasteiger partial charge in [0.15, 0.2) is 5.96 Å². The van der Waals surface area contributed by atoms with E-state index in [0.717, 1.165) is 4.90 Å². The van der Waals surface area contributed by atoms with Gasteiger partial charge >= 0.3 is 11.9 Å². The molecule has 0 spiro atoms. The van der Waals surface area contributed by atoms with Gasteiger partial charge in [0.05, 0.1) is 31.8 Å². The maximum absolute atomic E-state index is 15.0. The number of nitrogens with zero attached hydrogens (tertiary/aromatic N) is 8. The zero-order chi connectivity index (χ0) is 69.9. The predicted octanol–water partition coefficient (Wildman–Crippen LogP) is -5.02. The number of guanidine groups is 1. The Morgan fingerprint density at radius 2 is 1.04 bits per heavy atom. The molecule has 0 radical (unpaired) electrons. The number of carbonyl (C=O) groups excluding carboxylic acids is 11. The number of likely N-dealkylation sites (tertiary alicyclic amines) is 5. The number of rotatable bonds is 32. The summed E-state index contributed by atoms with van der Waals surface area (Å²) in [4.78, 5) is 204. The number of hydrogen-bond acceptors (Lipinski definition) is 18. The summed E-state index contributed by atoms with van der Waals surface area (Å²) < 4.78 is 0. The summed E-state index contributed by atoms with van der Waals surface area (Å²) >= 11 is 0. The molecule has 0 bridgehead atoms. The second-order valence-electron chi connectivity index (χ2n) is 24.8. The van der Waals surface area contributed by atoms with Crippen LogP contribution in [0.25, 0.3) is 0 Å². The maximum atomic E-state index is 15.0. The van der Waals surface area contributed by atoms with Crippen molar-refractivity contribution in [2.24, 2.45) is 22.2 Å². The number of imidazole rings is 2. The minimum Gasteiger partial charge on any atom is -0.481 e. The van der Waals surface area contributed by atoms with Gasteiger partial charge in [0.2, 0.25) is 65.0 Å². The van der Waals surface area contributed by atoms with E-state index in [-0.39, 0.29) is 103 Å². The number of benzene rings is 1. The first kappa shape index (κ1) is 72.8. The number of H-pyrrole nitrogens is 2. The van der Waals surface area contributed by atoms with E-state index in [4.69, 9.17) is 17.2 Å². The Kier molecular flexibility index (Phi) is 25.9. The molecule has 5 aliphatic rings. The van der Waals surface area contributed by atoms with Crippen LogP contribution in [0.3, 0.4) is 0 Å². The van der Waals surface area contributed by atoms with Crippen LogP contribution < -0.4 is 49.1 Å². The number of amides is 11. The molecule has 11 amide bonds. The van der Waals surface area contributed by atoms with Crippen LogP contribution in [0.2, 0.25) is 0 Å². The molecule has 97 heavy (non-hydrogen) atoms. The Bertz CT molecular complexity index is 3330. The van der Waals surface area contributed by atoms with Crippen molar-refractivity contribution >= 4 is 82.9 Å². The fourth-order valence-corrected chi connectivity index (χ4v) is 13.2. The minimum atomic E-state index is -1.61. The highest BCUT2D eigenvalue weighted by Crippen LogP contribution is 2.28. The molecule has 11 atom stereocenters. The van der Waals surface area contributed by atoms with Crippen LogP contribution >= 0.6 is 0 Å². The van der Waals surface area contributed by atoms with Gasteiger partial charge in [-0.3, -0.25) is 62.5 Å². The molecule has 5 aliphatic heterocycles. The third-order valence-electron chi connectivity index (χ3n) is 18.1. The number of aliphatic imine (C=N–C) groups is 1. The number of nitrogens with one attached hydrogen (secondary N) is 8. The molecule has 2 aromatic heterocycles. The topological polar surface area (TPSA) is 519 Å². The Balaban J connectivity index is 0.909. The highest BCUT2D eigenvalue weighted by molar-refractivity contribution is 6.00. The third-order valence-corrected chi connectivity index (χ3v) is 18.1. The molecule has 5 saturated heterocycles. The van der Waals surface area contributed by atoms with Gasteiger partial charge in [-0.25, -0.2) is 14.8 Å². The third kappa shape index (κ3) is 19.3. The monoisotopic (exact) mass is 1350 g/mol. The molecular formula is C62H87N19O16. The predicted molar refractivity (Wildman–Crippen MR) is 341 cm³/mol. The fraction of sp³-hybridized carbons (Fsp3) is 0.581. The number of aliphatic hydroxyl groups excluding tert-OH is 1. The summed E-state index contributed by atoms with van der Waals surface area (Å²) in [5.74, 6) is -10.9. The quantitative estimate of drug-likeness (QED) is 0.0158. The van der Waals surface area contributed by atoms with E-state index in [1.807, 2.05) is 0 Å². The molecule has 35 nitrogen and oxygen atoms in total. The van der Waals surface area contributed by atoms with Gasteiger partial charge in [0.25, 0.3) is 0 Å². The minimum absolute atomic E-state index is 0.0411. The lowest BCUT2D eigenvalue weighted by Crippen LogP contribution is -2.60. The standard InChI is InChI=1S/C62H87N19O16/c63-38(27-36-29-66-33-70-36)56(91)77-21-5-13-44(77)53(88)69-31-49(83)72-43(32-82)59(94)78-22-6-14-45(78)55(90)76-42(26-35-10-2-1-3-11-35)58(93)80-24-8-16-47(80)60(95)79-23-7-15-46(79)54(89)73-39(18-19-50(84)85)51(86)75-41(28-37-30-67-34-71-37)52(87)74-40(12-4-20-68-62(64)65)57(92)81-25-9-17-48(81)61(96)97/h1-3,10-11,29-30,33-34,38-48,82H,4-9,12-28,31-32,63H2,(H,66,70)(H,67,71)(H,69,88)(H,72,83)(H,73,89)(H,74,87)(H,75,86)(H,76,90)(H,84,85)(H,96,97)(H4,64,65,68)/t38-,39-,40-,41-,42-,43-,44-,45-,46-,47-,48-/m0/s1. The summed E-state index contributed by atoms with van der Waals surface area (Å²) in [5.41, 5.74) is 18.8. The number of aliphatic carboxylic acids is 2. The van der Waals surface area contributed by atoms with Gasteiger partial charge in [0.1, 0.15) is 60.4 Å². The van der Waals surface area contributed by atoms with Gasteiger partial charge in [-0.05, 0) is 89.0 Å². The number of aliphatic hydroxyl groups is 1. The number of carbonyl (C=O) groups is 13. The van der Waals surface area contributed by atoms with Gasteiger partial charge in [-0.15, -0.1) is 0 Å². The Morgan fingerprint density at radius 3 is 1.62 bits per heavy atom. The molecule has 35 heteroatoms. The molecule has 0 saturated carbocycles. The van der Waals surface area contributed by atoms with E-state index in [1.54, 1.807) is 30.3 Å². The van der Waals surface area contributed by atoms with E-state index >= 15 is 0 Å². The van der Waals surface area contributed by atoms with E-state index in [9.17, 15) is 77.6 Å². The summed E-state index contributed by atoms with van der Waals surface area (Å²) in [6, 6.07) is -5.12. The average molecular weight is 1350 g/mol. The number of hydrogen-bond donors (Lipinski definition) is 14. The normalized spacial score (nSPS) is 20.9. The summed E-state index contributed by atoms with van der Waals surface area (Å²) in [6.07, 6.45) is 7.36. The van der Waals surface area contributed by atoms with Crippen LogP contribution in [-0.4, -0.2) is 262 Å². The average Bonchev–Trinajstić information content (AvgIpc) is 1.77. The summed E-state index contributed by atoms with van der Waals surface area (Å²) in [5, 5.41) is 45.7. The highest BCUT2D eigenvalue weighted by Gasteiger charge is 2.47. The lowest BCUT2D eigenvalue weighted by molar-refractivity contribution is -0.149. The largest absolute Gasteiger partial charge is 0.481 e. The van der Waals surface area contributed by atoms with Crippen LogP contribution in [0.5, 0.6) is 0 Å². The van der Waals surface area contributed by atoms with Crippen LogP contribution in [0.1, 0.15) is 107 Å². The molecule has 0 unspecified atom stereocenters. The number of aromatic nitrogens is 4. The van der Waals surface area contributed by atoms with Gasteiger partial charge in [0, 0.05) is 88.7 Å². The number of aromatic amines is 2. The summed E-state index contributed by atoms with van der Waals surface area (Å²) in [6.45, 7) is -0.905. The van der Waals surface area contributed by atoms with Crippen molar-refractivity contribution < 1.29 is 77.6 Å². The SMILES string of the molecule is NC(N)=NCCC[C@H](NC(=O)[C@H](Cc1cnc[nH]1)NC(=O)[C@H](CCC(=O)O)NC(=O)[C@@H]1CCCN1C(=O)[C@@H]1CCCN1C(=O)[C@H](Cc1ccccc1)NC(=O)[C@@H]1CCCN1C(=O)[C@H](CO)NC(=O)CNC(=O)[C@@H]1CCCN1C(=O)[C@@H](N)Cc1cnc[nH]1)C(=O)N1CCC[C@H]1C(=O)O. The van der Waals surface area contributed by atoms with Crippen molar-refractivity contribution in [3.63, 3.8) is 0 Å².